The number of aryl methyl sites for hydroxylation is 1. The molecule has 7 heteroatoms. The number of nitrogens with zero attached hydrogens (tertiary/aromatic N) is 4. The van der Waals surface area contributed by atoms with Crippen LogP contribution in [0.3, 0.4) is 0 Å². The molecule has 3 aromatic heterocycles. The van der Waals surface area contributed by atoms with Crippen molar-refractivity contribution in [2.75, 3.05) is 13.1 Å². The summed E-state index contributed by atoms with van der Waals surface area (Å²) in [6.45, 7) is 3.28. The van der Waals surface area contributed by atoms with E-state index in [4.69, 9.17) is 11.6 Å². The smallest absolute Gasteiger partial charge is 0.272 e. The molecule has 0 bridgehead atoms. The number of aromatic nitrogens is 4. The van der Waals surface area contributed by atoms with Gasteiger partial charge in [0.25, 0.3) is 5.91 Å². The molecule has 1 aliphatic heterocycles. The number of fused-ring (bicyclic) bond motifs is 1. The van der Waals surface area contributed by atoms with Gasteiger partial charge in [0, 0.05) is 37.6 Å². The quantitative estimate of drug-likeness (QED) is 0.777. The van der Waals surface area contributed by atoms with E-state index in [1.54, 1.807) is 22.9 Å². The second-order valence-corrected chi connectivity index (χ2v) is 6.62. The van der Waals surface area contributed by atoms with Gasteiger partial charge in [-0.2, -0.15) is 0 Å². The highest BCUT2D eigenvalue weighted by Crippen LogP contribution is 2.26. The lowest BCUT2D eigenvalue weighted by molar-refractivity contribution is 0.0697. The van der Waals surface area contributed by atoms with Crippen LogP contribution >= 0.6 is 11.6 Å². The Morgan fingerprint density at radius 3 is 3.08 bits per heavy atom. The molecule has 4 rings (SSSR count). The van der Waals surface area contributed by atoms with E-state index in [1.165, 1.54) is 0 Å². The maximum atomic E-state index is 13.1. The van der Waals surface area contributed by atoms with Crippen LogP contribution in [0.5, 0.6) is 0 Å². The SMILES string of the molecule is Cc1nc2ccc(Cl)cn2c1C(=O)N1CCCC(c2ncc[nH]2)C1. The number of pyridine rings is 1. The number of nitrogens with one attached hydrogen (secondary N) is 1. The standard InChI is InChI=1S/C17H18ClN5O/c1-11-15(23-10-13(18)4-5-14(23)21-11)17(24)22-8-2-3-12(9-22)16-19-6-7-20-16/h4-7,10,12H,2-3,8-9H2,1H3,(H,19,20). The van der Waals surface area contributed by atoms with E-state index >= 15 is 0 Å². The van der Waals surface area contributed by atoms with E-state index in [2.05, 4.69) is 15.0 Å². The summed E-state index contributed by atoms with van der Waals surface area (Å²) >= 11 is 6.10. The van der Waals surface area contributed by atoms with Crippen molar-refractivity contribution in [1.82, 2.24) is 24.3 Å². The number of hydrogen-bond donors (Lipinski definition) is 1. The molecule has 6 nitrogen and oxygen atoms in total. The highest BCUT2D eigenvalue weighted by atomic mass is 35.5. The maximum absolute atomic E-state index is 13.1. The molecular weight excluding hydrogens is 326 g/mol. The fourth-order valence-electron chi connectivity index (χ4n) is 3.43. The number of amides is 1. The van der Waals surface area contributed by atoms with Crippen molar-refractivity contribution < 1.29 is 4.79 Å². The normalized spacial score (nSPS) is 18.2. The van der Waals surface area contributed by atoms with Crippen molar-refractivity contribution in [3.8, 4) is 0 Å². The van der Waals surface area contributed by atoms with Crippen molar-refractivity contribution in [3.63, 3.8) is 0 Å². The van der Waals surface area contributed by atoms with Crippen LogP contribution in [-0.4, -0.2) is 43.2 Å². The number of halogens is 1. The summed E-state index contributed by atoms with van der Waals surface area (Å²) in [5.74, 6) is 1.20. The number of likely N-dealkylation sites (tertiary alicyclic amines) is 1. The minimum absolute atomic E-state index is 0.00137. The van der Waals surface area contributed by atoms with E-state index in [-0.39, 0.29) is 11.8 Å². The molecule has 3 aromatic rings. The number of hydrogen-bond acceptors (Lipinski definition) is 3. The molecule has 0 aromatic carbocycles. The van der Waals surface area contributed by atoms with Gasteiger partial charge in [-0.3, -0.25) is 9.20 Å². The number of carbonyl (C=O) groups is 1. The van der Waals surface area contributed by atoms with Crippen molar-refractivity contribution in [2.24, 2.45) is 0 Å². The molecular formula is C17H18ClN5O. The Morgan fingerprint density at radius 1 is 1.42 bits per heavy atom. The topological polar surface area (TPSA) is 66.3 Å². The van der Waals surface area contributed by atoms with E-state index < -0.39 is 0 Å². The minimum Gasteiger partial charge on any atom is -0.348 e. The summed E-state index contributed by atoms with van der Waals surface area (Å²) in [5.41, 5.74) is 2.05. The summed E-state index contributed by atoms with van der Waals surface area (Å²) in [4.78, 5) is 27.0. The molecule has 124 valence electrons. The molecule has 0 spiro atoms. The van der Waals surface area contributed by atoms with Gasteiger partial charge < -0.3 is 9.88 Å². The van der Waals surface area contributed by atoms with Crippen LogP contribution in [0.2, 0.25) is 5.02 Å². The first kappa shape index (κ1) is 15.2. The van der Waals surface area contributed by atoms with Gasteiger partial charge in [-0.1, -0.05) is 11.6 Å². The molecule has 1 aliphatic rings. The predicted octanol–water partition coefficient (Wildman–Crippen LogP) is 3.04. The Labute approximate surface area is 144 Å². The van der Waals surface area contributed by atoms with Crippen LogP contribution in [0.1, 0.15) is 40.8 Å². The van der Waals surface area contributed by atoms with Gasteiger partial charge >= 0.3 is 0 Å². The lowest BCUT2D eigenvalue weighted by atomic mass is 9.97. The van der Waals surface area contributed by atoms with Gasteiger partial charge in [0.05, 0.1) is 10.7 Å². The van der Waals surface area contributed by atoms with E-state index in [0.717, 1.165) is 36.6 Å². The minimum atomic E-state index is -0.00137. The number of piperidine rings is 1. The molecule has 1 N–H and O–H groups in total. The zero-order chi connectivity index (χ0) is 16.7. The third-order valence-corrected chi connectivity index (χ3v) is 4.80. The number of carbonyl (C=O) groups excluding carboxylic acids is 1. The Morgan fingerprint density at radius 2 is 2.29 bits per heavy atom. The fraction of sp³-hybridized carbons (Fsp3) is 0.353. The Kier molecular flexibility index (Phi) is 3.76. The zero-order valence-electron chi connectivity index (χ0n) is 13.4. The second-order valence-electron chi connectivity index (χ2n) is 6.19. The van der Waals surface area contributed by atoms with Gasteiger partial charge in [0.15, 0.2) is 0 Å². The van der Waals surface area contributed by atoms with Crippen molar-refractivity contribution in [2.45, 2.75) is 25.7 Å². The number of imidazole rings is 2. The van der Waals surface area contributed by atoms with Gasteiger partial charge in [-0.25, -0.2) is 9.97 Å². The molecule has 1 atom stereocenters. The second kappa shape index (κ2) is 5.94. The maximum Gasteiger partial charge on any atom is 0.272 e. The highest BCUT2D eigenvalue weighted by molar-refractivity contribution is 6.30. The van der Waals surface area contributed by atoms with Crippen LogP contribution in [-0.2, 0) is 0 Å². The van der Waals surface area contributed by atoms with Gasteiger partial charge in [0.2, 0.25) is 0 Å². The van der Waals surface area contributed by atoms with E-state index in [9.17, 15) is 4.79 Å². The largest absolute Gasteiger partial charge is 0.348 e. The fourth-order valence-corrected chi connectivity index (χ4v) is 3.59. The first-order valence-electron chi connectivity index (χ1n) is 8.06. The molecule has 4 heterocycles. The van der Waals surface area contributed by atoms with Gasteiger partial charge in [-0.05, 0) is 31.9 Å². The molecule has 1 amide bonds. The average molecular weight is 344 g/mol. The molecule has 0 aliphatic carbocycles. The third kappa shape index (κ3) is 2.57. The third-order valence-electron chi connectivity index (χ3n) is 4.57. The molecule has 0 saturated carbocycles. The molecule has 1 saturated heterocycles. The van der Waals surface area contributed by atoms with Crippen LogP contribution in [0.15, 0.2) is 30.7 Å². The van der Waals surface area contributed by atoms with Crippen LogP contribution in [0.25, 0.3) is 5.65 Å². The number of H-pyrrole nitrogens is 1. The van der Waals surface area contributed by atoms with E-state index in [1.807, 2.05) is 24.1 Å². The number of aromatic amines is 1. The Hall–Kier alpha value is -2.34. The Balaban J connectivity index is 1.66. The predicted molar refractivity (Wildman–Crippen MR) is 91.4 cm³/mol. The monoisotopic (exact) mass is 343 g/mol. The lowest BCUT2D eigenvalue weighted by Gasteiger charge is -2.31. The van der Waals surface area contributed by atoms with Crippen LogP contribution in [0, 0.1) is 6.92 Å². The van der Waals surface area contributed by atoms with Crippen LogP contribution in [0.4, 0.5) is 0 Å². The summed E-state index contributed by atoms with van der Waals surface area (Å²) < 4.78 is 1.79. The summed E-state index contributed by atoms with van der Waals surface area (Å²) in [7, 11) is 0. The molecule has 1 unspecified atom stereocenters. The van der Waals surface area contributed by atoms with Crippen molar-refractivity contribution in [1.29, 1.82) is 0 Å². The van der Waals surface area contributed by atoms with Crippen molar-refractivity contribution in [3.05, 3.63) is 53.0 Å². The summed E-state index contributed by atoms with van der Waals surface area (Å²) in [6, 6.07) is 3.61. The van der Waals surface area contributed by atoms with Crippen LogP contribution < -0.4 is 0 Å². The van der Waals surface area contributed by atoms with E-state index in [0.29, 0.717) is 17.3 Å². The molecule has 24 heavy (non-hydrogen) atoms. The summed E-state index contributed by atoms with van der Waals surface area (Å²) in [5, 5.41) is 0.584. The van der Waals surface area contributed by atoms with Crippen molar-refractivity contribution >= 4 is 23.2 Å². The first-order valence-corrected chi connectivity index (χ1v) is 8.44. The summed E-state index contributed by atoms with van der Waals surface area (Å²) in [6.07, 6.45) is 7.33. The molecule has 0 radical (unpaired) electrons. The van der Waals surface area contributed by atoms with Gasteiger partial charge in [-0.15, -0.1) is 0 Å². The Bertz CT molecular complexity index is 886. The van der Waals surface area contributed by atoms with Gasteiger partial charge in [0.1, 0.15) is 17.2 Å². The lowest BCUT2D eigenvalue weighted by Crippen LogP contribution is -2.40. The highest BCUT2D eigenvalue weighted by Gasteiger charge is 2.29. The molecule has 1 fully saturated rings. The zero-order valence-corrected chi connectivity index (χ0v) is 14.1. The average Bonchev–Trinajstić information content (AvgIpc) is 3.21. The first-order chi connectivity index (χ1) is 11.6. The number of rotatable bonds is 2.